The first-order valence-corrected chi connectivity index (χ1v) is 9.42. The minimum Gasteiger partial charge on any atom is -0.332 e. The van der Waals surface area contributed by atoms with E-state index in [0.29, 0.717) is 12.3 Å². The first-order valence-electron chi connectivity index (χ1n) is 9.42. The van der Waals surface area contributed by atoms with E-state index in [9.17, 15) is 4.79 Å². The Labute approximate surface area is 143 Å². The van der Waals surface area contributed by atoms with Crippen LogP contribution in [0.5, 0.6) is 0 Å². The Bertz CT molecular complexity index is 704. The summed E-state index contributed by atoms with van der Waals surface area (Å²) in [6.45, 7) is 0.857. The van der Waals surface area contributed by atoms with Gasteiger partial charge in [-0.25, -0.2) is 0 Å². The number of amides is 1. The monoisotopic (exact) mass is 326 g/mol. The Hall–Kier alpha value is -1.91. The number of hydrogen-bond acceptors (Lipinski definition) is 3. The number of rotatable bonds is 4. The van der Waals surface area contributed by atoms with Crippen LogP contribution in [-0.4, -0.2) is 31.9 Å². The van der Waals surface area contributed by atoms with Crippen LogP contribution in [0.1, 0.15) is 69.7 Å². The van der Waals surface area contributed by atoms with Crippen molar-refractivity contribution in [1.82, 2.24) is 19.5 Å². The highest BCUT2D eigenvalue weighted by molar-refractivity contribution is 5.77. The fourth-order valence-electron chi connectivity index (χ4n) is 4.37. The number of likely N-dealkylation sites (tertiary alicyclic amines) is 1. The molecule has 1 unspecified atom stereocenters. The molecule has 0 aromatic carbocycles. The summed E-state index contributed by atoms with van der Waals surface area (Å²) in [6, 6.07) is 6.00. The smallest absolute Gasteiger partial charge is 0.223 e. The van der Waals surface area contributed by atoms with Gasteiger partial charge in [-0.15, -0.1) is 10.2 Å². The van der Waals surface area contributed by atoms with E-state index in [-0.39, 0.29) is 6.04 Å². The number of fused-ring (bicyclic) bond motifs is 1. The van der Waals surface area contributed by atoms with Gasteiger partial charge in [-0.05, 0) is 37.3 Å². The van der Waals surface area contributed by atoms with Gasteiger partial charge >= 0.3 is 0 Å². The first-order chi connectivity index (χ1) is 11.8. The SMILES string of the molecule is O=C(CCC1CCCCC1)N1CCCC1c1nnc2ccccn12. The fourth-order valence-corrected chi connectivity index (χ4v) is 4.37. The lowest BCUT2D eigenvalue weighted by molar-refractivity contribution is -0.132. The Kier molecular flexibility index (Phi) is 4.50. The van der Waals surface area contributed by atoms with Gasteiger partial charge in [-0.2, -0.15) is 0 Å². The Morgan fingerprint density at radius 1 is 1.08 bits per heavy atom. The van der Waals surface area contributed by atoms with Crippen molar-refractivity contribution in [2.24, 2.45) is 5.92 Å². The van der Waals surface area contributed by atoms with Gasteiger partial charge in [0.15, 0.2) is 11.5 Å². The van der Waals surface area contributed by atoms with Crippen molar-refractivity contribution in [3.63, 3.8) is 0 Å². The molecule has 2 aromatic heterocycles. The van der Waals surface area contributed by atoms with E-state index in [2.05, 4.69) is 10.2 Å². The lowest BCUT2D eigenvalue weighted by atomic mass is 9.86. The van der Waals surface area contributed by atoms with Crippen LogP contribution < -0.4 is 0 Å². The van der Waals surface area contributed by atoms with Gasteiger partial charge in [-0.3, -0.25) is 9.20 Å². The van der Waals surface area contributed by atoms with Gasteiger partial charge in [0, 0.05) is 19.2 Å². The van der Waals surface area contributed by atoms with Gasteiger partial charge in [0.25, 0.3) is 0 Å². The quantitative estimate of drug-likeness (QED) is 0.859. The molecule has 5 nitrogen and oxygen atoms in total. The maximum Gasteiger partial charge on any atom is 0.223 e. The molecule has 2 aromatic rings. The zero-order valence-electron chi connectivity index (χ0n) is 14.2. The average molecular weight is 326 g/mol. The predicted octanol–water partition coefficient (Wildman–Crippen LogP) is 3.75. The second kappa shape index (κ2) is 6.91. The zero-order chi connectivity index (χ0) is 16.4. The molecule has 1 amide bonds. The van der Waals surface area contributed by atoms with E-state index < -0.39 is 0 Å². The third kappa shape index (κ3) is 3.04. The maximum absolute atomic E-state index is 12.8. The number of carbonyl (C=O) groups is 1. The number of aromatic nitrogens is 3. The van der Waals surface area contributed by atoms with Crippen molar-refractivity contribution in [3.8, 4) is 0 Å². The highest BCUT2D eigenvalue weighted by atomic mass is 16.2. The lowest BCUT2D eigenvalue weighted by Gasteiger charge is -2.26. The standard InChI is InChI=1S/C19H26N4O/c24-18(12-11-15-7-2-1-3-8-15)22-14-6-9-16(22)19-21-20-17-10-4-5-13-23(17)19/h4-5,10,13,15-16H,1-3,6-9,11-12,14H2. The molecule has 1 atom stereocenters. The molecule has 1 saturated heterocycles. The molecule has 4 rings (SSSR count). The van der Waals surface area contributed by atoms with Crippen molar-refractivity contribution in [1.29, 1.82) is 0 Å². The van der Waals surface area contributed by atoms with Crippen LogP contribution in [0.15, 0.2) is 24.4 Å². The van der Waals surface area contributed by atoms with E-state index in [0.717, 1.165) is 43.2 Å². The van der Waals surface area contributed by atoms with Crippen molar-refractivity contribution < 1.29 is 4.79 Å². The van der Waals surface area contributed by atoms with Gasteiger partial charge < -0.3 is 4.90 Å². The summed E-state index contributed by atoms with van der Waals surface area (Å²) in [4.78, 5) is 14.8. The number of carbonyl (C=O) groups excluding carboxylic acids is 1. The average Bonchev–Trinajstić information content (AvgIpc) is 3.27. The van der Waals surface area contributed by atoms with Gasteiger partial charge in [0.2, 0.25) is 5.91 Å². The van der Waals surface area contributed by atoms with E-state index in [1.54, 1.807) is 0 Å². The molecule has 1 saturated carbocycles. The summed E-state index contributed by atoms with van der Waals surface area (Å²) in [5, 5.41) is 8.63. The maximum atomic E-state index is 12.8. The zero-order valence-corrected chi connectivity index (χ0v) is 14.2. The highest BCUT2D eigenvalue weighted by Crippen LogP contribution is 2.33. The largest absolute Gasteiger partial charge is 0.332 e. The molecule has 2 fully saturated rings. The third-order valence-corrected chi connectivity index (χ3v) is 5.70. The molecular formula is C19H26N4O. The molecule has 2 aliphatic rings. The summed E-state index contributed by atoms with van der Waals surface area (Å²) in [7, 11) is 0. The van der Waals surface area contributed by atoms with Crippen LogP contribution in [-0.2, 0) is 4.79 Å². The van der Waals surface area contributed by atoms with Gasteiger partial charge in [0.05, 0.1) is 6.04 Å². The summed E-state index contributed by atoms with van der Waals surface area (Å²) >= 11 is 0. The Morgan fingerprint density at radius 3 is 2.83 bits per heavy atom. The molecule has 0 N–H and O–H groups in total. The van der Waals surface area contributed by atoms with Crippen molar-refractivity contribution in [2.45, 2.75) is 63.8 Å². The molecule has 1 aliphatic heterocycles. The molecule has 0 spiro atoms. The first kappa shape index (κ1) is 15.6. The highest BCUT2D eigenvalue weighted by Gasteiger charge is 2.33. The van der Waals surface area contributed by atoms with Crippen LogP contribution in [0.3, 0.4) is 0 Å². The number of nitrogens with zero attached hydrogens (tertiary/aromatic N) is 4. The second-order valence-corrected chi connectivity index (χ2v) is 7.27. The molecule has 3 heterocycles. The van der Waals surface area contributed by atoms with Crippen LogP contribution in [0.25, 0.3) is 5.65 Å². The third-order valence-electron chi connectivity index (χ3n) is 5.70. The van der Waals surface area contributed by atoms with E-state index in [1.807, 2.05) is 33.7 Å². The topological polar surface area (TPSA) is 50.5 Å². The van der Waals surface area contributed by atoms with E-state index in [4.69, 9.17) is 0 Å². The van der Waals surface area contributed by atoms with Gasteiger partial charge in [0.1, 0.15) is 0 Å². The van der Waals surface area contributed by atoms with Crippen LogP contribution >= 0.6 is 0 Å². The molecule has 1 aliphatic carbocycles. The minimum atomic E-state index is 0.0845. The van der Waals surface area contributed by atoms with Crippen LogP contribution in [0.2, 0.25) is 0 Å². The molecule has 0 radical (unpaired) electrons. The van der Waals surface area contributed by atoms with Gasteiger partial charge in [-0.1, -0.05) is 38.2 Å². The van der Waals surface area contributed by atoms with E-state index >= 15 is 0 Å². The van der Waals surface area contributed by atoms with Crippen LogP contribution in [0, 0.1) is 5.92 Å². The summed E-state index contributed by atoms with van der Waals surface area (Å²) < 4.78 is 2.03. The summed E-state index contributed by atoms with van der Waals surface area (Å²) in [5.74, 6) is 1.97. The lowest BCUT2D eigenvalue weighted by Crippen LogP contribution is -2.31. The van der Waals surface area contributed by atoms with Crippen molar-refractivity contribution >= 4 is 11.6 Å². The molecule has 128 valence electrons. The molecule has 0 bridgehead atoms. The second-order valence-electron chi connectivity index (χ2n) is 7.27. The van der Waals surface area contributed by atoms with E-state index in [1.165, 1.54) is 32.1 Å². The number of pyridine rings is 1. The van der Waals surface area contributed by atoms with Crippen molar-refractivity contribution in [2.75, 3.05) is 6.54 Å². The predicted molar refractivity (Wildman–Crippen MR) is 92.5 cm³/mol. The Morgan fingerprint density at radius 2 is 1.96 bits per heavy atom. The molecule has 24 heavy (non-hydrogen) atoms. The Balaban J connectivity index is 1.45. The fraction of sp³-hybridized carbons (Fsp3) is 0.632. The molecule has 5 heteroatoms. The normalized spacial score (nSPS) is 22.3. The summed E-state index contributed by atoms with van der Waals surface area (Å²) in [6.07, 6.45) is 12.5. The van der Waals surface area contributed by atoms with Crippen LogP contribution in [0.4, 0.5) is 0 Å². The minimum absolute atomic E-state index is 0.0845. The number of hydrogen-bond donors (Lipinski definition) is 0. The van der Waals surface area contributed by atoms with Crippen molar-refractivity contribution in [3.05, 3.63) is 30.2 Å². The summed E-state index contributed by atoms with van der Waals surface area (Å²) in [5.41, 5.74) is 0.856. The molecular weight excluding hydrogens is 300 g/mol.